The van der Waals surface area contributed by atoms with Crippen LogP contribution < -0.4 is 11.1 Å². The van der Waals surface area contributed by atoms with E-state index in [0.717, 1.165) is 11.4 Å². The van der Waals surface area contributed by atoms with Crippen LogP contribution >= 0.6 is 12.2 Å². The molecule has 1 heterocycles. The number of anilines is 1. The van der Waals surface area contributed by atoms with Gasteiger partial charge >= 0.3 is 0 Å². The summed E-state index contributed by atoms with van der Waals surface area (Å²) in [4.78, 5) is 0.371. The van der Waals surface area contributed by atoms with Gasteiger partial charge in [-0.3, -0.25) is 0 Å². The summed E-state index contributed by atoms with van der Waals surface area (Å²) in [6.07, 6.45) is 9.22. The van der Waals surface area contributed by atoms with Crippen molar-refractivity contribution in [1.82, 2.24) is 10.2 Å². The molecule has 0 radical (unpaired) electrons. The molecule has 0 spiro atoms. The van der Waals surface area contributed by atoms with E-state index in [-0.39, 0.29) is 0 Å². The van der Waals surface area contributed by atoms with Gasteiger partial charge in [0.2, 0.25) is 0 Å². The Balaban J connectivity index is 2.09. The predicted molar refractivity (Wildman–Crippen MR) is 73.0 cm³/mol. The number of hydrogen-bond donors (Lipinski definition) is 2. The van der Waals surface area contributed by atoms with Gasteiger partial charge in [-0.1, -0.05) is 37.9 Å². The quantitative estimate of drug-likeness (QED) is 0.636. The fourth-order valence-electron chi connectivity index (χ4n) is 2.25. The third-order valence-corrected chi connectivity index (χ3v) is 3.40. The first-order valence-corrected chi connectivity index (χ1v) is 6.56. The lowest BCUT2D eigenvalue weighted by Gasteiger charge is -2.18. The second kappa shape index (κ2) is 5.91. The molecule has 0 saturated heterocycles. The molecule has 17 heavy (non-hydrogen) atoms. The molecule has 5 heteroatoms. The molecule has 1 fully saturated rings. The fraction of sp³-hybridized carbons (Fsp3) is 0.583. The molecular weight excluding hydrogens is 232 g/mol. The van der Waals surface area contributed by atoms with Gasteiger partial charge in [0, 0.05) is 6.04 Å². The molecular formula is C12H18N4S. The Bertz CT molecular complexity index is 386. The van der Waals surface area contributed by atoms with E-state index in [2.05, 4.69) is 15.5 Å². The first kappa shape index (κ1) is 12.2. The molecule has 0 bridgehead atoms. The Morgan fingerprint density at radius 2 is 2.00 bits per heavy atom. The van der Waals surface area contributed by atoms with Gasteiger partial charge in [0.25, 0.3) is 0 Å². The summed E-state index contributed by atoms with van der Waals surface area (Å²) in [6, 6.07) is 2.29. The number of hydrogen-bond acceptors (Lipinski definition) is 4. The van der Waals surface area contributed by atoms with E-state index >= 15 is 0 Å². The van der Waals surface area contributed by atoms with E-state index in [9.17, 15) is 0 Å². The number of nitrogens with one attached hydrogen (secondary N) is 1. The van der Waals surface area contributed by atoms with Crippen molar-refractivity contribution in [1.29, 1.82) is 0 Å². The lowest BCUT2D eigenvalue weighted by molar-refractivity contribution is 0.616. The number of rotatable bonds is 3. The average Bonchev–Trinajstić information content (AvgIpc) is 2.58. The third kappa shape index (κ3) is 3.36. The minimum Gasteiger partial charge on any atom is -0.389 e. The summed E-state index contributed by atoms with van der Waals surface area (Å²) in [5.41, 5.74) is 6.47. The van der Waals surface area contributed by atoms with Crippen LogP contribution in [-0.2, 0) is 0 Å². The Labute approximate surface area is 107 Å². The molecule has 0 atom stereocenters. The summed E-state index contributed by atoms with van der Waals surface area (Å²) in [7, 11) is 0. The van der Waals surface area contributed by atoms with Gasteiger partial charge in [-0.15, -0.1) is 5.10 Å². The van der Waals surface area contributed by atoms with Gasteiger partial charge in [-0.25, -0.2) is 0 Å². The van der Waals surface area contributed by atoms with Crippen molar-refractivity contribution >= 4 is 23.0 Å². The summed E-state index contributed by atoms with van der Waals surface area (Å²) in [5, 5.41) is 11.4. The van der Waals surface area contributed by atoms with Gasteiger partial charge in [0.05, 0.1) is 11.8 Å². The minimum atomic E-state index is 0.371. The van der Waals surface area contributed by atoms with E-state index in [1.807, 2.05) is 6.07 Å². The molecule has 0 unspecified atom stereocenters. The predicted octanol–water partition coefficient (Wildman–Crippen LogP) is 2.25. The summed E-state index contributed by atoms with van der Waals surface area (Å²) in [6.45, 7) is 0. The topological polar surface area (TPSA) is 63.8 Å². The van der Waals surface area contributed by atoms with Crippen molar-refractivity contribution in [2.45, 2.75) is 44.6 Å². The zero-order chi connectivity index (χ0) is 12.1. The molecule has 92 valence electrons. The van der Waals surface area contributed by atoms with Crippen molar-refractivity contribution in [2.24, 2.45) is 5.73 Å². The highest BCUT2D eigenvalue weighted by atomic mass is 32.1. The van der Waals surface area contributed by atoms with Crippen molar-refractivity contribution < 1.29 is 0 Å². The van der Waals surface area contributed by atoms with Gasteiger partial charge in [0.1, 0.15) is 4.99 Å². The van der Waals surface area contributed by atoms with Crippen molar-refractivity contribution in [2.75, 3.05) is 5.32 Å². The minimum absolute atomic E-state index is 0.371. The first-order chi connectivity index (χ1) is 8.27. The van der Waals surface area contributed by atoms with Crippen LogP contribution in [-0.4, -0.2) is 21.2 Å². The van der Waals surface area contributed by atoms with Crippen LogP contribution in [0.1, 0.15) is 44.1 Å². The van der Waals surface area contributed by atoms with Crippen LogP contribution in [0.2, 0.25) is 0 Å². The van der Waals surface area contributed by atoms with Crippen LogP contribution in [0.4, 0.5) is 5.82 Å². The van der Waals surface area contributed by atoms with Crippen molar-refractivity contribution in [3.8, 4) is 0 Å². The highest BCUT2D eigenvalue weighted by Gasteiger charge is 2.15. The Hall–Kier alpha value is -1.23. The normalized spacial score (nSPS) is 17.4. The largest absolute Gasteiger partial charge is 0.389 e. The first-order valence-electron chi connectivity index (χ1n) is 6.15. The van der Waals surface area contributed by atoms with Gasteiger partial charge in [-0.05, 0) is 18.9 Å². The maximum Gasteiger partial charge on any atom is 0.159 e. The standard InChI is InChI=1S/C12H18N4S/c13-11(17)10-7-8-14-16-12(10)15-9-5-3-1-2-4-6-9/h7-9H,1-6H2,(H2,13,17)(H,15,16). The van der Waals surface area contributed by atoms with Gasteiger partial charge in [0.15, 0.2) is 5.82 Å². The molecule has 1 aromatic heterocycles. The SMILES string of the molecule is NC(=S)c1ccnnc1NC1CCCCCC1. The molecule has 4 nitrogen and oxygen atoms in total. The van der Waals surface area contributed by atoms with Gasteiger partial charge in [-0.2, -0.15) is 5.10 Å². The zero-order valence-corrected chi connectivity index (χ0v) is 10.7. The summed E-state index contributed by atoms with van der Waals surface area (Å²) >= 11 is 5.01. The highest BCUT2D eigenvalue weighted by molar-refractivity contribution is 7.80. The second-order valence-corrected chi connectivity index (χ2v) is 4.93. The molecule has 1 saturated carbocycles. The maximum absolute atomic E-state index is 5.67. The van der Waals surface area contributed by atoms with Crippen molar-refractivity contribution in [3.05, 3.63) is 17.8 Å². The molecule has 1 aromatic rings. The Morgan fingerprint density at radius 1 is 1.29 bits per heavy atom. The Morgan fingerprint density at radius 3 is 2.65 bits per heavy atom. The molecule has 0 aliphatic heterocycles. The summed E-state index contributed by atoms with van der Waals surface area (Å²) < 4.78 is 0. The molecule has 0 amide bonds. The van der Waals surface area contributed by atoms with Crippen LogP contribution in [0.15, 0.2) is 12.3 Å². The van der Waals surface area contributed by atoms with E-state index in [1.54, 1.807) is 6.20 Å². The summed E-state index contributed by atoms with van der Waals surface area (Å²) in [5.74, 6) is 0.729. The number of nitrogens with two attached hydrogens (primary N) is 1. The lowest BCUT2D eigenvalue weighted by Crippen LogP contribution is -2.22. The number of nitrogens with zero attached hydrogens (tertiary/aromatic N) is 2. The molecule has 1 aliphatic rings. The van der Waals surface area contributed by atoms with Crippen LogP contribution in [0.3, 0.4) is 0 Å². The van der Waals surface area contributed by atoms with E-state index in [1.165, 1.54) is 38.5 Å². The highest BCUT2D eigenvalue weighted by Crippen LogP contribution is 2.21. The molecule has 2 rings (SSSR count). The molecule has 3 N–H and O–H groups in total. The van der Waals surface area contributed by atoms with Crippen LogP contribution in [0.25, 0.3) is 0 Å². The second-order valence-electron chi connectivity index (χ2n) is 4.49. The smallest absolute Gasteiger partial charge is 0.159 e. The van der Waals surface area contributed by atoms with Crippen LogP contribution in [0, 0.1) is 0 Å². The monoisotopic (exact) mass is 250 g/mol. The lowest BCUT2D eigenvalue weighted by atomic mass is 10.1. The average molecular weight is 250 g/mol. The zero-order valence-electron chi connectivity index (χ0n) is 9.85. The van der Waals surface area contributed by atoms with Crippen molar-refractivity contribution in [3.63, 3.8) is 0 Å². The molecule has 1 aliphatic carbocycles. The van der Waals surface area contributed by atoms with E-state index < -0.39 is 0 Å². The third-order valence-electron chi connectivity index (χ3n) is 3.18. The van der Waals surface area contributed by atoms with E-state index in [4.69, 9.17) is 18.0 Å². The number of aromatic nitrogens is 2. The van der Waals surface area contributed by atoms with Crippen LogP contribution in [0.5, 0.6) is 0 Å². The Kier molecular flexibility index (Phi) is 4.25. The molecule has 0 aromatic carbocycles. The maximum atomic E-state index is 5.67. The van der Waals surface area contributed by atoms with Gasteiger partial charge < -0.3 is 11.1 Å². The van der Waals surface area contributed by atoms with E-state index in [0.29, 0.717) is 11.0 Å². The fourth-order valence-corrected chi connectivity index (χ4v) is 2.42. The number of thiocarbonyl (C=S) groups is 1.